The summed E-state index contributed by atoms with van der Waals surface area (Å²) in [5.74, 6) is -0.247. The summed E-state index contributed by atoms with van der Waals surface area (Å²) >= 11 is 10.3. The lowest BCUT2D eigenvalue weighted by Crippen LogP contribution is -1.93. The fraction of sp³-hybridized carbons (Fsp3) is 0.0833. The van der Waals surface area contributed by atoms with Gasteiger partial charge in [0.1, 0.15) is 10.4 Å². The molecule has 5 heteroatoms. The molecule has 0 aliphatic rings. The fourth-order valence-corrected chi connectivity index (χ4v) is 3.69. The second-order valence-corrected chi connectivity index (χ2v) is 5.62. The smallest absolute Gasteiger partial charge is 0.123 e. The summed E-state index contributed by atoms with van der Waals surface area (Å²) in [4.78, 5) is 4.44. The standard InChI is InChI=1S/C12H7Br3FN/c13-6-9-10(14)5-11(15)17-12(9)7-1-3-8(16)4-2-7/h1-5H,6H2. The molecule has 1 nitrogen and oxygen atoms in total. The molecule has 0 aliphatic heterocycles. The van der Waals surface area contributed by atoms with E-state index in [1.165, 1.54) is 12.1 Å². The lowest BCUT2D eigenvalue weighted by atomic mass is 10.1. The SMILES string of the molecule is Fc1ccc(-c2nc(Br)cc(Br)c2CBr)cc1. The normalized spacial score (nSPS) is 10.6. The second kappa shape index (κ2) is 5.59. The minimum absolute atomic E-state index is 0.247. The molecule has 0 amide bonds. The van der Waals surface area contributed by atoms with Crippen LogP contribution in [0.4, 0.5) is 4.39 Å². The van der Waals surface area contributed by atoms with Gasteiger partial charge in [-0.15, -0.1) is 0 Å². The Morgan fingerprint density at radius 1 is 1.12 bits per heavy atom. The summed E-state index contributed by atoms with van der Waals surface area (Å²) in [7, 11) is 0. The van der Waals surface area contributed by atoms with E-state index in [1.54, 1.807) is 12.1 Å². The largest absolute Gasteiger partial charge is 0.241 e. The lowest BCUT2D eigenvalue weighted by Gasteiger charge is -2.09. The third-order valence-corrected chi connectivity index (χ3v) is 3.96. The molecule has 2 aromatic rings. The lowest BCUT2D eigenvalue weighted by molar-refractivity contribution is 0.628. The molecule has 0 radical (unpaired) electrons. The van der Waals surface area contributed by atoms with E-state index in [-0.39, 0.29) is 5.82 Å². The van der Waals surface area contributed by atoms with Crippen LogP contribution in [0, 0.1) is 5.82 Å². The zero-order valence-electron chi connectivity index (χ0n) is 8.55. The summed E-state index contributed by atoms with van der Waals surface area (Å²) in [6.45, 7) is 0. The highest BCUT2D eigenvalue weighted by molar-refractivity contribution is 9.11. The first-order chi connectivity index (χ1) is 8.11. The van der Waals surface area contributed by atoms with Gasteiger partial charge >= 0.3 is 0 Å². The van der Waals surface area contributed by atoms with Crippen LogP contribution in [0.5, 0.6) is 0 Å². The highest BCUT2D eigenvalue weighted by Gasteiger charge is 2.11. The number of nitrogens with zero attached hydrogens (tertiary/aromatic N) is 1. The zero-order valence-corrected chi connectivity index (χ0v) is 13.3. The van der Waals surface area contributed by atoms with Crippen LogP contribution in [0.15, 0.2) is 39.4 Å². The average Bonchev–Trinajstić information content (AvgIpc) is 2.29. The number of benzene rings is 1. The minimum Gasteiger partial charge on any atom is -0.241 e. The van der Waals surface area contributed by atoms with Crippen LogP contribution in [-0.4, -0.2) is 4.98 Å². The fourth-order valence-electron chi connectivity index (χ4n) is 1.49. The van der Waals surface area contributed by atoms with E-state index in [1.807, 2.05) is 6.07 Å². The van der Waals surface area contributed by atoms with Crippen LogP contribution in [-0.2, 0) is 5.33 Å². The quantitative estimate of drug-likeness (QED) is 0.471. The summed E-state index contributed by atoms with van der Waals surface area (Å²) in [6.07, 6.45) is 0. The third-order valence-electron chi connectivity index (χ3n) is 2.29. The molecule has 0 saturated carbocycles. The number of aromatic nitrogens is 1. The Morgan fingerprint density at radius 2 is 1.76 bits per heavy atom. The molecule has 0 saturated heterocycles. The van der Waals surface area contributed by atoms with Crippen LogP contribution < -0.4 is 0 Å². The summed E-state index contributed by atoms with van der Waals surface area (Å²) in [6, 6.07) is 8.21. The Morgan fingerprint density at radius 3 is 2.35 bits per heavy atom. The molecule has 0 aliphatic carbocycles. The van der Waals surface area contributed by atoms with Gasteiger partial charge in [-0.2, -0.15) is 0 Å². The maximum Gasteiger partial charge on any atom is 0.123 e. The first kappa shape index (κ1) is 13.2. The molecular formula is C12H7Br3FN. The highest BCUT2D eigenvalue weighted by atomic mass is 79.9. The number of halogens is 4. The number of hydrogen-bond donors (Lipinski definition) is 0. The van der Waals surface area contributed by atoms with Gasteiger partial charge in [0.05, 0.1) is 5.69 Å². The van der Waals surface area contributed by atoms with E-state index >= 15 is 0 Å². The third kappa shape index (κ3) is 2.95. The van der Waals surface area contributed by atoms with Crippen LogP contribution in [0.3, 0.4) is 0 Å². The Labute approximate surface area is 124 Å². The minimum atomic E-state index is -0.247. The van der Waals surface area contributed by atoms with Crippen molar-refractivity contribution in [2.45, 2.75) is 5.33 Å². The van der Waals surface area contributed by atoms with Crippen LogP contribution >= 0.6 is 47.8 Å². The monoisotopic (exact) mass is 421 g/mol. The molecule has 0 atom stereocenters. The van der Waals surface area contributed by atoms with Gasteiger partial charge in [-0.05, 0) is 46.3 Å². The Hall–Kier alpha value is -0.260. The molecule has 17 heavy (non-hydrogen) atoms. The van der Waals surface area contributed by atoms with Crippen LogP contribution in [0.1, 0.15) is 5.56 Å². The highest BCUT2D eigenvalue weighted by Crippen LogP contribution is 2.31. The molecule has 0 unspecified atom stereocenters. The van der Waals surface area contributed by atoms with Crippen molar-refractivity contribution in [3.63, 3.8) is 0 Å². The second-order valence-electron chi connectivity index (χ2n) is 3.39. The maximum absolute atomic E-state index is 12.9. The molecular weight excluding hydrogens is 417 g/mol. The predicted octanol–water partition coefficient (Wildman–Crippen LogP) is 5.31. The van der Waals surface area contributed by atoms with Crippen molar-refractivity contribution in [3.05, 3.63) is 50.8 Å². The first-order valence-electron chi connectivity index (χ1n) is 4.78. The Balaban J connectivity index is 2.61. The van der Waals surface area contributed by atoms with E-state index in [2.05, 4.69) is 52.8 Å². The van der Waals surface area contributed by atoms with E-state index in [9.17, 15) is 4.39 Å². The van der Waals surface area contributed by atoms with Gasteiger partial charge in [0.15, 0.2) is 0 Å². The van der Waals surface area contributed by atoms with Gasteiger partial charge in [0, 0.05) is 20.9 Å². The van der Waals surface area contributed by atoms with Gasteiger partial charge in [0.25, 0.3) is 0 Å². The Bertz CT molecular complexity index is 540. The van der Waals surface area contributed by atoms with Crippen molar-refractivity contribution >= 4 is 47.8 Å². The number of alkyl halides is 1. The van der Waals surface area contributed by atoms with Gasteiger partial charge in [0.2, 0.25) is 0 Å². The van der Waals surface area contributed by atoms with Gasteiger partial charge in [-0.1, -0.05) is 31.9 Å². The molecule has 0 N–H and O–H groups in total. The Kier molecular flexibility index (Phi) is 4.33. The van der Waals surface area contributed by atoms with Crippen molar-refractivity contribution in [2.75, 3.05) is 0 Å². The molecule has 88 valence electrons. The van der Waals surface area contributed by atoms with E-state index in [4.69, 9.17) is 0 Å². The van der Waals surface area contributed by atoms with Crippen molar-refractivity contribution in [2.24, 2.45) is 0 Å². The average molecular weight is 424 g/mol. The summed E-state index contributed by atoms with van der Waals surface area (Å²) < 4.78 is 14.6. The molecule has 0 fully saturated rings. The molecule has 1 heterocycles. The van der Waals surface area contributed by atoms with Crippen molar-refractivity contribution < 1.29 is 4.39 Å². The van der Waals surface area contributed by atoms with Crippen molar-refractivity contribution in [3.8, 4) is 11.3 Å². The van der Waals surface area contributed by atoms with Gasteiger partial charge in [-0.3, -0.25) is 0 Å². The molecule has 1 aromatic carbocycles. The van der Waals surface area contributed by atoms with Crippen LogP contribution in [0.2, 0.25) is 0 Å². The van der Waals surface area contributed by atoms with E-state index in [0.717, 1.165) is 25.9 Å². The predicted molar refractivity (Wildman–Crippen MR) is 77.7 cm³/mol. The maximum atomic E-state index is 12.9. The van der Waals surface area contributed by atoms with E-state index < -0.39 is 0 Å². The van der Waals surface area contributed by atoms with Gasteiger partial charge in [-0.25, -0.2) is 9.37 Å². The molecule has 1 aromatic heterocycles. The van der Waals surface area contributed by atoms with Gasteiger partial charge < -0.3 is 0 Å². The molecule has 0 bridgehead atoms. The summed E-state index contributed by atoms with van der Waals surface area (Å²) in [5.41, 5.74) is 2.77. The number of hydrogen-bond acceptors (Lipinski definition) is 1. The van der Waals surface area contributed by atoms with Crippen LogP contribution in [0.25, 0.3) is 11.3 Å². The first-order valence-corrected chi connectivity index (χ1v) is 7.49. The number of rotatable bonds is 2. The molecule has 0 spiro atoms. The van der Waals surface area contributed by atoms with E-state index in [0.29, 0.717) is 5.33 Å². The number of pyridine rings is 1. The van der Waals surface area contributed by atoms with Crippen molar-refractivity contribution in [1.29, 1.82) is 0 Å². The zero-order chi connectivity index (χ0) is 12.4. The summed E-state index contributed by atoms with van der Waals surface area (Å²) in [5, 5.41) is 0.681. The van der Waals surface area contributed by atoms with Crippen molar-refractivity contribution in [1.82, 2.24) is 4.98 Å². The molecule has 2 rings (SSSR count). The topological polar surface area (TPSA) is 12.9 Å².